The first-order valence-electron chi connectivity index (χ1n) is 10.3. The van der Waals surface area contributed by atoms with Crippen LogP contribution in [0.1, 0.15) is 17.2 Å². The molecule has 2 aromatic heterocycles. The molecule has 0 unspecified atom stereocenters. The maximum atomic E-state index is 13.7. The van der Waals surface area contributed by atoms with Crippen molar-refractivity contribution < 1.29 is 22.7 Å². The number of pyridine rings is 1. The number of sulfone groups is 1. The Morgan fingerprint density at radius 2 is 1.85 bits per heavy atom. The SMILES string of the molecule is Cn1cc2c3c(c[nH]c3c1=O)[C@@H](C(=O)O)N(c1ccc(F)cc1)c1ccc(CS(C)(=O)=O)cc1-2. The van der Waals surface area contributed by atoms with Gasteiger partial charge in [0.25, 0.3) is 5.56 Å². The quantitative estimate of drug-likeness (QED) is 0.461. The number of carboxylic acids is 1. The Labute approximate surface area is 193 Å². The van der Waals surface area contributed by atoms with E-state index < -0.39 is 27.7 Å². The number of nitrogens with one attached hydrogen (secondary N) is 1. The third kappa shape index (κ3) is 3.47. The summed E-state index contributed by atoms with van der Waals surface area (Å²) in [5.41, 5.74) is 2.91. The molecule has 8 nitrogen and oxygen atoms in total. The second-order valence-corrected chi connectivity index (χ2v) is 10.6. The normalized spacial score (nSPS) is 15.3. The van der Waals surface area contributed by atoms with Crippen LogP contribution in [0.2, 0.25) is 0 Å². The van der Waals surface area contributed by atoms with E-state index in [1.165, 1.54) is 35.0 Å². The number of anilines is 2. The highest BCUT2D eigenvalue weighted by Crippen LogP contribution is 2.48. The number of hydrogen-bond donors (Lipinski definition) is 2. The van der Waals surface area contributed by atoms with Crippen molar-refractivity contribution >= 4 is 38.1 Å². The summed E-state index contributed by atoms with van der Waals surface area (Å²) in [5, 5.41) is 10.8. The molecule has 1 aliphatic rings. The van der Waals surface area contributed by atoms with Crippen LogP contribution in [0.15, 0.2) is 59.7 Å². The summed E-state index contributed by atoms with van der Waals surface area (Å²) < 4.78 is 39.0. The van der Waals surface area contributed by atoms with Crippen molar-refractivity contribution in [3.05, 3.63) is 82.2 Å². The molecule has 0 aliphatic carbocycles. The second kappa shape index (κ2) is 7.56. The van der Waals surface area contributed by atoms with E-state index in [9.17, 15) is 27.5 Å². The molecule has 0 saturated carbocycles. The lowest BCUT2D eigenvalue weighted by Gasteiger charge is -2.31. The van der Waals surface area contributed by atoms with Gasteiger partial charge >= 0.3 is 5.97 Å². The number of nitrogens with zero attached hydrogens (tertiary/aromatic N) is 2. The third-order valence-corrected chi connectivity index (χ3v) is 6.83. The first-order chi connectivity index (χ1) is 16.0. The number of fused-ring (bicyclic) bond motifs is 2. The predicted octanol–water partition coefficient (Wildman–Crippen LogP) is 3.49. The molecule has 1 atom stereocenters. The number of benzene rings is 2. The summed E-state index contributed by atoms with van der Waals surface area (Å²) in [6, 6.07) is 9.23. The Kier molecular flexibility index (Phi) is 4.87. The number of hydrogen-bond acceptors (Lipinski definition) is 5. The fraction of sp³-hybridized carbons (Fsp3) is 0.167. The number of aryl methyl sites for hydroxylation is 1. The lowest BCUT2D eigenvalue weighted by Crippen LogP contribution is -2.30. The van der Waals surface area contributed by atoms with Crippen molar-refractivity contribution in [1.82, 2.24) is 9.55 Å². The maximum Gasteiger partial charge on any atom is 0.331 e. The zero-order chi connectivity index (χ0) is 24.4. The minimum absolute atomic E-state index is 0.200. The van der Waals surface area contributed by atoms with Crippen molar-refractivity contribution in [1.29, 1.82) is 0 Å². The summed E-state index contributed by atoms with van der Waals surface area (Å²) in [4.78, 5) is 29.9. The highest BCUT2D eigenvalue weighted by Gasteiger charge is 2.37. The van der Waals surface area contributed by atoms with Gasteiger partial charge in [0.2, 0.25) is 0 Å². The standard InChI is InChI=1S/C24H20FN3O5S/c1-27-11-18-16-9-13(12-34(2,32)33)3-8-19(16)28(15-6-4-14(25)5-7-15)22(24(30)31)17-10-26-21(20(17)18)23(27)29/h3-11,22,26H,12H2,1-2H3,(H,30,31)/t22-/m0/s1. The van der Waals surface area contributed by atoms with Crippen molar-refractivity contribution in [2.24, 2.45) is 7.05 Å². The first kappa shape index (κ1) is 21.9. The molecule has 2 aromatic carbocycles. The van der Waals surface area contributed by atoms with Crippen LogP contribution in [0.3, 0.4) is 0 Å². The molecule has 10 heteroatoms. The van der Waals surface area contributed by atoms with E-state index in [0.29, 0.717) is 39.0 Å². The number of aliphatic carboxylic acids is 1. The van der Waals surface area contributed by atoms with E-state index in [4.69, 9.17) is 0 Å². The first-order valence-corrected chi connectivity index (χ1v) is 12.4. The summed E-state index contributed by atoms with van der Waals surface area (Å²) >= 11 is 0. The Bertz CT molecular complexity index is 1640. The molecule has 0 bridgehead atoms. The molecule has 3 heterocycles. The van der Waals surface area contributed by atoms with Crippen LogP contribution in [-0.4, -0.2) is 35.3 Å². The topological polar surface area (TPSA) is 112 Å². The molecule has 174 valence electrons. The van der Waals surface area contributed by atoms with Gasteiger partial charge < -0.3 is 19.6 Å². The zero-order valence-electron chi connectivity index (χ0n) is 18.2. The number of H-pyrrole nitrogens is 1. The molecule has 2 N–H and O–H groups in total. The second-order valence-electron chi connectivity index (χ2n) is 8.46. The fourth-order valence-corrected chi connectivity index (χ4v) is 5.41. The molecule has 0 radical (unpaired) electrons. The Morgan fingerprint density at radius 3 is 2.50 bits per heavy atom. The van der Waals surface area contributed by atoms with Gasteiger partial charge in [-0.1, -0.05) is 6.07 Å². The smallest absolute Gasteiger partial charge is 0.331 e. The summed E-state index contributed by atoms with van der Waals surface area (Å²) in [6.45, 7) is 0. The number of aromatic nitrogens is 2. The average molecular weight is 482 g/mol. The van der Waals surface area contributed by atoms with Crippen LogP contribution >= 0.6 is 0 Å². The molecule has 0 spiro atoms. The van der Waals surface area contributed by atoms with E-state index >= 15 is 0 Å². The van der Waals surface area contributed by atoms with Gasteiger partial charge in [0.1, 0.15) is 11.3 Å². The van der Waals surface area contributed by atoms with E-state index in [0.717, 1.165) is 6.26 Å². The van der Waals surface area contributed by atoms with Gasteiger partial charge in [-0.05, 0) is 42.0 Å². The van der Waals surface area contributed by atoms with E-state index in [2.05, 4.69) is 4.98 Å². The molecule has 4 aromatic rings. The van der Waals surface area contributed by atoms with Crippen molar-refractivity contribution in [2.45, 2.75) is 11.8 Å². The Hall–Kier alpha value is -3.92. The number of carboxylic acid groups (broad SMARTS) is 1. The Balaban J connectivity index is 1.92. The molecule has 5 rings (SSSR count). The van der Waals surface area contributed by atoms with Gasteiger partial charge in [-0.3, -0.25) is 4.79 Å². The highest BCUT2D eigenvalue weighted by atomic mass is 32.2. The fourth-order valence-electron chi connectivity index (χ4n) is 4.62. The number of halogens is 1. The van der Waals surface area contributed by atoms with Crippen LogP contribution in [0, 0.1) is 5.82 Å². The Morgan fingerprint density at radius 1 is 1.15 bits per heavy atom. The molecule has 34 heavy (non-hydrogen) atoms. The molecule has 0 fully saturated rings. The van der Waals surface area contributed by atoms with Gasteiger partial charge in [-0.2, -0.15) is 0 Å². The molecule has 0 saturated heterocycles. The van der Waals surface area contributed by atoms with Crippen molar-refractivity contribution in [3.63, 3.8) is 0 Å². The number of carbonyl (C=O) groups is 1. The molecule has 1 aliphatic heterocycles. The summed E-state index contributed by atoms with van der Waals surface area (Å²) in [7, 11) is -1.74. The van der Waals surface area contributed by atoms with Gasteiger partial charge in [-0.25, -0.2) is 17.6 Å². The molecular formula is C24H20FN3O5S. The monoisotopic (exact) mass is 481 g/mol. The molecule has 0 amide bonds. The zero-order valence-corrected chi connectivity index (χ0v) is 19.1. The minimum Gasteiger partial charge on any atom is -0.479 e. The van der Waals surface area contributed by atoms with Crippen LogP contribution < -0.4 is 10.5 Å². The van der Waals surface area contributed by atoms with Gasteiger partial charge in [0, 0.05) is 53.5 Å². The maximum absolute atomic E-state index is 13.7. The van der Waals surface area contributed by atoms with E-state index in [1.54, 1.807) is 36.3 Å². The lowest BCUT2D eigenvalue weighted by molar-refractivity contribution is -0.138. The number of aromatic amines is 1. The van der Waals surface area contributed by atoms with Crippen LogP contribution in [0.4, 0.5) is 15.8 Å². The number of rotatable bonds is 4. The predicted molar refractivity (Wildman–Crippen MR) is 126 cm³/mol. The van der Waals surface area contributed by atoms with Crippen LogP contribution in [0.5, 0.6) is 0 Å². The van der Waals surface area contributed by atoms with Crippen molar-refractivity contribution in [3.8, 4) is 11.1 Å². The van der Waals surface area contributed by atoms with Gasteiger partial charge in [-0.15, -0.1) is 0 Å². The lowest BCUT2D eigenvalue weighted by atomic mass is 9.99. The summed E-state index contributed by atoms with van der Waals surface area (Å²) in [6.07, 6.45) is 4.27. The van der Waals surface area contributed by atoms with E-state index in [-0.39, 0.29) is 16.8 Å². The highest BCUT2D eigenvalue weighted by molar-refractivity contribution is 7.89. The summed E-state index contributed by atoms with van der Waals surface area (Å²) in [5.74, 6) is -1.83. The van der Waals surface area contributed by atoms with Gasteiger partial charge in [0.05, 0.1) is 11.4 Å². The van der Waals surface area contributed by atoms with Gasteiger partial charge in [0.15, 0.2) is 15.9 Å². The van der Waals surface area contributed by atoms with Crippen LogP contribution in [-0.2, 0) is 27.4 Å². The average Bonchev–Trinajstić information content (AvgIpc) is 3.14. The van der Waals surface area contributed by atoms with Crippen molar-refractivity contribution in [2.75, 3.05) is 11.2 Å². The minimum atomic E-state index is -3.33. The van der Waals surface area contributed by atoms with Crippen LogP contribution in [0.25, 0.3) is 22.0 Å². The largest absolute Gasteiger partial charge is 0.479 e. The molecular weight excluding hydrogens is 461 g/mol. The van der Waals surface area contributed by atoms with E-state index in [1.807, 2.05) is 0 Å². The third-order valence-electron chi connectivity index (χ3n) is 5.97.